The number of carbonyl (C=O) groups is 2. The molecule has 0 aliphatic carbocycles. The molecule has 1 N–H and O–H groups in total. The summed E-state index contributed by atoms with van der Waals surface area (Å²) < 4.78 is 11.9. The van der Waals surface area contributed by atoms with Gasteiger partial charge in [0.25, 0.3) is 0 Å². The summed E-state index contributed by atoms with van der Waals surface area (Å²) in [5.74, 6) is 0.282. The van der Waals surface area contributed by atoms with Crippen molar-refractivity contribution in [1.82, 2.24) is 5.32 Å². The van der Waals surface area contributed by atoms with E-state index >= 15 is 0 Å². The van der Waals surface area contributed by atoms with Crippen LogP contribution in [0, 0.1) is 0 Å². The molecular weight excluding hydrogens is 535 g/mol. The Kier molecular flexibility index (Phi) is 8.32. The maximum atomic E-state index is 13.0. The Morgan fingerprint density at radius 3 is 2.48 bits per heavy atom. The SMILES string of the molecule is CCCCCC1(CCC)NC(=O)C(c2cccc[c]2[Tl])=C1OC(=O)OCC. The third-order valence-electron chi connectivity index (χ3n) is 4.80. The Morgan fingerprint density at radius 1 is 1.11 bits per heavy atom. The van der Waals surface area contributed by atoms with Crippen LogP contribution in [-0.4, -0.2) is 50.0 Å². The summed E-state index contributed by atoms with van der Waals surface area (Å²) in [7, 11) is 0. The van der Waals surface area contributed by atoms with Crippen LogP contribution >= 0.6 is 0 Å². The van der Waals surface area contributed by atoms with Gasteiger partial charge in [-0.3, -0.25) is 0 Å². The number of unbranched alkanes of at least 4 members (excludes halogenated alkanes) is 2. The van der Waals surface area contributed by atoms with Gasteiger partial charge in [0.2, 0.25) is 0 Å². The molecule has 27 heavy (non-hydrogen) atoms. The predicted molar refractivity (Wildman–Crippen MR) is 107 cm³/mol. The zero-order chi connectivity index (χ0) is 19.9. The van der Waals surface area contributed by atoms with E-state index in [0.29, 0.717) is 37.1 Å². The predicted octanol–water partition coefficient (Wildman–Crippen LogP) is 3.61. The molecule has 5 nitrogen and oxygen atoms in total. The summed E-state index contributed by atoms with van der Waals surface area (Å²) in [6.07, 6.45) is 4.74. The fourth-order valence-corrected chi connectivity index (χ4v) is 4.98. The summed E-state index contributed by atoms with van der Waals surface area (Å²) in [5, 5.41) is 3.17. The van der Waals surface area contributed by atoms with Gasteiger partial charge in [-0.05, 0) is 0 Å². The van der Waals surface area contributed by atoms with E-state index < -0.39 is 11.7 Å². The van der Waals surface area contributed by atoms with Gasteiger partial charge >= 0.3 is 178 Å². The second-order valence-electron chi connectivity index (χ2n) is 6.82. The summed E-state index contributed by atoms with van der Waals surface area (Å²) in [4.78, 5) is 25.2. The number of hydrogen-bond donors (Lipinski definition) is 1. The second kappa shape index (κ2) is 10.2. The maximum absolute atomic E-state index is 13.0. The van der Waals surface area contributed by atoms with Crippen molar-refractivity contribution in [2.45, 2.75) is 64.8 Å². The molecule has 0 fully saturated rings. The van der Waals surface area contributed by atoms with Crippen LogP contribution in [0.4, 0.5) is 4.79 Å². The standard InChI is InChI=1S/C21H28NO4.Tl/c1-4-7-11-15-21(14-5-2)18(26-20(24)25-6-3)17(19(23)22-21)16-12-9-8-10-13-16;/h8-10,12H,4-7,11,14-15H2,1-3H3,(H,22,23);. The molecule has 0 saturated heterocycles. The Morgan fingerprint density at radius 2 is 1.85 bits per heavy atom. The van der Waals surface area contributed by atoms with Gasteiger partial charge in [0.05, 0.1) is 0 Å². The first kappa shape index (κ1) is 21.9. The van der Waals surface area contributed by atoms with Gasteiger partial charge in [0, 0.05) is 0 Å². The Hall–Kier alpha value is -1.38. The molecule has 1 aromatic carbocycles. The molecule has 1 aliphatic rings. The number of nitrogens with one attached hydrogen (secondary N) is 1. The molecule has 0 saturated carbocycles. The molecule has 0 bridgehead atoms. The molecule has 1 unspecified atom stereocenters. The number of amides is 1. The molecule has 6 heteroatoms. The number of rotatable bonds is 9. The van der Waals surface area contributed by atoms with Crippen molar-refractivity contribution < 1.29 is 19.1 Å². The van der Waals surface area contributed by atoms with Crippen LogP contribution in [0.5, 0.6) is 0 Å². The van der Waals surface area contributed by atoms with Gasteiger partial charge < -0.3 is 0 Å². The number of hydrogen-bond acceptors (Lipinski definition) is 4. The minimum absolute atomic E-state index is 0.160. The average molecular weight is 563 g/mol. The summed E-state index contributed by atoms with van der Waals surface area (Å²) in [6, 6.07) is 7.85. The van der Waals surface area contributed by atoms with Crippen molar-refractivity contribution in [1.29, 1.82) is 0 Å². The molecule has 1 aliphatic heterocycles. The first-order chi connectivity index (χ1) is 13.0. The number of carbonyl (C=O) groups excluding carboxylic acids is 2. The molecule has 0 spiro atoms. The van der Waals surface area contributed by atoms with E-state index in [2.05, 4.69) is 19.2 Å². The van der Waals surface area contributed by atoms with Crippen LogP contribution in [0.3, 0.4) is 0 Å². The van der Waals surface area contributed by atoms with Gasteiger partial charge in [-0.15, -0.1) is 0 Å². The molecule has 0 aromatic heterocycles. The van der Waals surface area contributed by atoms with Crippen LogP contribution < -0.4 is 8.44 Å². The first-order valence-corrected chi connectivity index (χ1v) is 12.0. The van der Waals surface area contributed by atoms with E-state index in [1.54, 1.807) is 6.92 Å². The molecule has 1 heterocycles. The van der Waals surface area contributed by atoms with E-state index in [0.717, 1.165) is 47.2 Å². The zero-order valence-electron chi connectivity index (χ0n) is 16.5. The molecular formula is C21H28NO4Tl. The third-order valence-corrected chi connectivity index (χ3v) is 6.76. The van der Waals surface area contributed by atoms with E-state index in [-0.39, 0.29) is 12.5 Å². The van der Waals surface area contributed by atoms with E-state index in [1.807, 2.05) is 24.3 Å². The first-order valence-electron chi connectivity index (χ1n) is 9.75. The molecule has 2 rings (SSSR count). The fraction of sp³-hybridized carbons (Fsp3) is 0.524. The number of ether oxygens (including phenoxy) is 2. The van der Waals surface area contributed by atoms with E-state index in [4.69, 9.17) is 9.47 Å². The Labute approximate surface area is 177 Å². The Balaban J connectivity index is 2.56. The van der Waals surface area contributed by atoms with Crippen molar-refractivity contribution in [3.63, 3.8) is 0 Å². The summed E-state index contributed by atoms with van der Waals surface area (Å²) in [6.45, 7) is 6.20. The zero-order valence-corrected chi connectivity index (χ0v) is 21.0. The van der Waals surface area contributed by atoms with Gasteiger partial charge in [-0.25, -0.2) is 0 Å². The van der Waals surface area contributed by atoms with Crippen LogP contribution in [0.15, 0.2) is 30.0 Å². The molecule has 1 amide bonds. The van der Waals surface area contributed by atoms with Crippen molar-refractivity contribution in [2.24, 2.45) is 0 Å². The molecule has 144 valence electrons. The van der Waals surface area contributed by atoms with Crippen LogP contribution in [0.25, 0.3) is 5.57 Å². The van der Waals surface area contributed by atoms with Gasteiger partial charge in [0.15, 0.2) is 0 Å². The van der Waals surface area contributed by atoms with Crippen LogP contribution in [0.1, 0.15) is 64.9 Å². The quantitative estimate of drug-likeness (QED) is 0.284. The topological polar surface area (TPSA) is 64.6 Å². The molecule has 0 radical (unpaired) electrons. The fourth-order valence-electron chi connectivity index (χ4n) is 3.61. The normalized spacial score (nSPS) is 19.1. The minimum atomic E-state index is -0.745. The van der Waals surface area contributed by atoms with Gasteiger partial charge in [-0.2, -0.15) is 0 Å². The van der Waals surface area contributed by atoms with Crippen molar-refractivity contribution in [3.05, 3.63) is 35.6 Å². The van der Waals surface area contributed by atoms with Crippen LogP contribution in [0.2, 0.25) is 0 Å². The van der Waals surface area contributed by atoms with Crippen LogP contribution in [-0.2, 0) is 14.3 Å². The van der Waals surface area contributed by atoms with E-state index in [1.165, 1.54) is 0 Å². The van der Waals surface area contributed by atoms with Crippen molar-refractivity contribution >= 4 is 46.5 Å². The number of benzene rings is 1. The van der Waals surface area contributed by atoms with Gasteiger partial charge in [0.1, 0.15) is 0 Å². The Bertz CT molecular complexity index is 716. The van der Waals surface area contributed by atoms with Crippen molar-refractivity contribution in [3.8, 4) is 0 Å². The third kappa shape index (κ3) is 5.12. The summed E-state index contributed by atoms with van der Waals surface area (Å²) >= 11 is 0.566. The van der Waals surface area contributed by atoms with Crippen molar-refractivity contribution in [2.75, 3.05) is 6.61 Å². The van der Waals surface area contributed by atoms with E-state index in [9.17, 15) is 9.59 Å². The monoisotopic (exact) mass is 563 g/mol. The average Bonchev–Trinajstić information content (AvgIpc) is 2.88. The van der Waals surface area contributed by atoms with Gasteiger partial charge in [-0.1, -0.05) is 0 Å². The summed E-state index contributed by atoms with van der Waals surface area (Å²) in [5.41, 5.74) is 0.717. The second-order valence-corrected chi connectivity index (χ2v) is 9.24. The molecule has 1 aromatic rings. The molecule has 1 atom stereocenters.